The number of anilines is 1. The van der Waals surface area contributed by atoms with Crippen molar-refractivity contribution in [2.45, 2.75) is 56.2 Å². The molecule has 4 fully saturated rings. The normalized spacial score (nSPS) is 34.7. The second kappa shape index (κ2) is 6.36. The molecule has 0 aliphatic heterocycles. The molecule has 1 heterocycles. The summed E-state index contributed by atoms with van der Waals surface area (Å²) < 4.78 is 7.12. The lowest BCUT2D eigenvalue weighted by molar-refractivity contribution is -0.153. The first-order valence-electron chi connectivity index (χ1n) is 9.39. The standard InChI is InChI=1S/C19H26BrN3O3/c1-12-3-15(23(2)22-12)21-16(24)10-26-17(25)9-18-5-13-4-14(6-18)8-19(20,7-13)11-18/h3,13-14H,4-11H2,1-2H3,(H,21,24)/t13-,14-,18?,19?/m1/s1. The maximum atomic E-state index is 12.4. The lowest BCUT2D eigenvalue weighted by atomic mass is 9.49. The van der Waals surface area contributed by atoms with Crippen molar-refractivity contribution in [3.8, 4) is 0 Å². The summed E-state index contributed by atoms with van der Waals surface area (Å²) in [4.78, 5) is 24.5. The van der Waals surface area contributed by atoms with Crippen molar-refractivity contribution < 1.29 is 14.3 Å². The van der Waals surface area contributed by atoms with Crippen LogP contribution >= 0.6 is 15.9 Å². The maximum Gasteiger partial charge on any atom is 0.306 e. The molecule has 142 valence electrons. The van der Waals surface area contributed by atoms with E-state index in [0.29, 0.717) is 12.2 Å². The monoisotopic (exact) mass is 423 g/mol. The average Bonchev–Trinajstić information content (AvgIpc) is 2.79. The molecule has 4 aliphatic rings. The Balaban J connectivity index is 1.30. The van der Waals surface area contributed by atoms with E-state index < -0.39 is 0 Å². The number of carbonyl (C=O) groups excluding carboxylic acids is 2. The summed E-state index contributed by atoms with van der Waals surface area (Å²) in [5, 5.41) is 6.91. The van der Waals surface area contributed by atoms with Crippen LogP contribution in [0.5, 0.6) is 0 Å². The Kier molecular flexibility index (Phi) is 4.40. The Bertz CT molecular complexity index is 730. The van der Waals surface area contributed by atoms with Gasteiger partial charge in [0.2, 0.25) is 0 Å². The molecule has 4 saturated carbocycles. The number of alkyl halides is 1. The molecule has 1 aromatic heterocycles. The van der Waals surface area contributed by atoms with E-state index in [-0.39, 0.29) is 28.2 Å². The number of nitrogens with one attached hydrogen (secondary N) is 1. The average molecular weight is 424 g/mol. The molecule has 6 nitrogen and oxygen atoms in total. The molecule has 0 aromatic carbocycles. The number of rotatable bonds is 5. The lowest BCUT2D eigenvalue weighted by Crippen LogP contribution is -2.53. The Labute approximate surface area is 162 Å². The third-order valence-corrected chi connectivity index (χ3v) is 7.19. The molecule has 4 aliphatic carbocycles. The minimum atomic E-state index is -0.330. The highest BCUT2D eigenvalue weighted by Gasteiger charge is 2.57. The van der Waals surface area contributed by atoms with Crippen LogP contribution < -0.4 is 5.32 Å². The van der Waals surface area contributed by atoms with E-state index in [1.807, 2.05) is 6.92 Å². The number of amides is 1. The zero-order valence-electron chi connectivity index (χ0n) is 15.4. The number of nitrogens with zero attached hydrogens (tertiary/aromatic N) is 2. The van der Waals surface area contributed by atoms with Crippen molar-refractivity contribution in [3.05, 3.63) is 11.8 Å². The van der Waals surface area contributed by atoms with Crippen LogP contribution in [0, 0.1) is 24.2 Å². The van der Waals surface area contributed by atoms with Crippen LogP contribution in [0.3, 0.4) is 0 Å². The maximum absolute atomic E-state index is 12.4. The molecule has 1 amide bonds. The van der Waals surface area contributed by atoms with Gasteiger partial charge in [0.15, 0.2) is 6.61 Å². The second-order valence-corrected chi connectivity index (χ2v) is 10.5. The van der Waals surface area contributed by atoms with Gasteiger partial charge in [-0.3, -0.25) is 14.3 Å². The highest BCUT2D eigenvalue weighted by atomic mass is 79.9. The molecule has 26 heavy (non-hydrogen) atoms. The molecule has 0 radical (unpaired) electrons. The largest absolute Gasteiger partial charge is 0.456 e. The van der Waals surface area contributed by atoms with E-state index in [1.54, 1.807) is 17.8 Å². The first-order valence-corrected chi connectivity index (χ1v) is 10.2. The summed E-state index contributed by atoms with van der Waals surface area (Å²) in [6, 6.07) is 1.78. The van der Waals surface area contributed by atoms with Crippen LogP contribution in [-0.4, -0.2) is 32.6 Å². The fourth-order valence-electron chi connectivity index (χ4n) is 5.95. The van der Waals surface area contributed by atoms with E-state index in [0.717, 1.165) is 36.8 Å². The molecule has 0 saturated heterocycles. The van der Waals surface area contributed by atoms with E-state index in [1.165, 1.54) is 19.3 Å². The zero-order chi connectivity index (χ0) is 18.5. The number of hydrogen-bond donors (Lipinski definition) is 1. The van der Waals surface area contributed by atoms with Crippen molar-refractivity contribution in [3.63, 3.8) is 0 Å². The van der Waals surface area contributed by atoms with Crippen molar-refractivity contribution in [2.75, 3.05) is 11.9 Å². The highest BCUT2D eigenvalue weighted by Crippen LogP contribution is 2.65. The number of carbonyl (C=O) groups is 2. The van der Waals surface area contributed by atoms with Crippen LogP contribution in [0.15, 0.2) is 6.07 Å². The van der Waals surface area contributed by atoms with Crippen LogP contribution in [0.2, 0.25) is 0 Å². The van der Waals surface area contributed by atoms with Gasteiger partial charge in [-0.1, -0.05) is 15.9 Å². The molecule has 1 aromatic rings. The van der Waals surface area contributed by atoms with Crippen molar-refractivity contribution in [1.82, 2.24) is 9.78 Å². The molecule has 0 spiro atoms. The van der Waals surface area contributed by atoms with Gasteiger partial charge in [-0.05, 0) is 62.7 Å². The molecule has 7 heteroatoms. The molecular formula is C19H26BrN3O3. The van der Waals surface area contributed by atoms with Crippen LogP contribution in [0.25, 0.3) is 0 Å². The quantitative estimate of drug-likeness (QED) is 0.582. The summed E-state index contributed by atoms with van der Waals surface area (Å²) in [6.07, 6.45) is 7.56. The minimum Gasteiger partial charge on any atom is -0.456 e. The number of ether oxygens (including phenoxy) is 1. The first kappa shape index (κ1) is 18.0. The van der Waals surface area contributed by atoms with Gasteiger partial charge in [0.25, 0.3) is 5.91 Å². The predicted octanol–water partition coefficient (Wildman–Crippen LogP) is 3.33. The molecule has 4 bridgehead atoms. The van der Waals surface area contributed by atoms with E-state index in [9.17, 15) is 9.59 Å². The van der Waals surface area contributed by atoms with Crippen molar-refractivity contribution in [2.24, 2.45) is 24.3 Å². The summed E-state index contributed by atoms with van der Waals surface area (Å²) in [5.41, 5.74) is 0.894. The fourth-order valence-corrected chi connectivity index (χ4v) is 7.46. The third kappa shape index (κ3) is 3.55. The van der Waals surface area contributed by atoms with Crippen LogP contribution in [-0.2, 0) is 21.4 Å². The van der Waals surface area contributed by atoms with E-state index in [2.05, 4.69) is 26.3 Å². The Morgan fingerprint density at radius 3 is 2.62 bits per heavy atom. The zero-order valence-corrected chi connectivity index (χ0v) is 17.0. The fraction of sp³-hybridized carbons (Fsp3) is 0.737. The van der Waals surface area contributed by atoms with Gasteiger partial charge >= 0.3 is 5.97 Å². The van der Waals surface area contributed by atoms with Crippen LogP contribution in [0.1, 0.15) is 50.6 Å². The molecule has 2 atom stereocenters. The first-order chi connectivity index (χ1) is 12.2. The predicted molar refractivity (Wildman–Crippen MR) is 101 cm³/mol. The summed E-state index contributed by atoms with van der Waals surface area (Å²) >= 11 is 3.97. The van der Waals surface area contributed by atoms with Crippen molar-refractivity contribution >= 4 is 33.6 Å². The lowest BCUT2D eigenvalue weighted by Gasteiger charge is -2.60. The molecular weight excluding hydrogens is 398 g/mol. The van der Waals surface area contributed by atoms with Gasteiger partial charge in [-0.15, -0.1) is 0 Å². The Morgan fingerprint density at radius 1 is 1.35 bits per heavy atom. The van der Waals surface area contributed by atoms with Gasteiger partial charge in [-0.25, -0.2) is 0 Å². The van der Waals surface area contributed by atoms with Gasteiger partial charge in [0, 0.05) is 17.4 Å². The van der Waals surface area contributed by atoms with Gasteiger partial charge in [0.1, 0.15) is 5.82 Å². The number of hydrogen-bond acceptors (Lipinski definition) is 4. The Hall–Kier alpha value is -1.37. The van der Waals surface area contributed by atoms with Gasteiger partial charge in [0.05, 0.1) is 12.1 Å². The van der Waals surface area contributed by atoms with Crippen LogP contribution in [0.4, 0.5) is 5.82 Å². The number of halogens is 1. The van der Waals surface area contributed by atoms with E-state index in [4.69, 9.17) is 4.74 Å². The molecule has 1 N–H and O–H groups in total. The summed E-state index contributed by atoms with van der Waals surface area (Å²) in [6.45, 7) is 1.61. The topological polar surface area (TPSA) is 73.2 Å². The number of esters is 1. The third-order valence-electron chi connectivity index (χ3n) is 6.26. The van der Waals surface area contributed by atoms with Gasteiger partial charge in [-0.2, -0.15) is 5.10 Å². The number of aromatic nitrogens is 2. The minimum absolute atomic E-state index is 0.0697. The molecule has 5 rings (SSSR count). The van der Waals surface area contributed by atoms with E-state index >= 15 is 0 Å². The SMILES string of the molecule is Cc1cc(NC(=O)COC(=O)CC23C[C@H]4C[C@@H](CC(Br)(C4)C2)C3)n(C)n1. The second-order valence-electron chi connectivity index (χ2n) is 8.79. The van der Waals surface area contributed by atoms with Crippen molar-refractivity contribution in [1.29, 1.82) is 0 Å². The summed E-state index contributed by atoms with van der Waals surface area (Å²) in [7, 11) is 1.76. The van der Waals surface area contributed by atoms with Gasteiger partial charge < -0.3 is 10.1 Å². The highest BCUT2D eigenvalue weighted by molar-refractivity contribution is 9.10. The summed E-state index contributed by atoms with van der Waals surface area (Å²) in [5.74, 6) is 1.49. The Morgan fingerprint density at radius 2 is 2.04 bits per heavy atom. The smallest absolute Gasteiger partial charge is 0.306 e. The number of aryl methyl sites for hydroxylation is 2. The molecule has 0 unspecified atom stereocenters.